The monoisotopic (exact) mass is 341 g/mol. The van der Waals surface area contributed by atoms with E-state index >= 15 is 0 Å². The molecule has 0 aliphatic heterocycles. The highest BCUT2D eigenvalue weighted by molar-refractivity contribution is 6.67. The molecule has 2 N–H and O–H groups in total. The molecule has 1 atom stereocenters. The van der Waals surface area contributed by atoms with E-state index in [9.17, 15) is 14.4 Å². The van der Waals surface area contributed by atoms with E-state index in [-0.39, 0.29) is 0 Å². The second-order valence-electron chi connectivity index (χ2n) is 5.19. The minimum absolute atomic E-state index is 0.410. The number of hydrogen-bond donors (Lipinski definition) is 2. The van der Waals surface area contributed by atoms with E-state index < -0.39 is 32.5 Å². The highest BCUT2D eigenvalue weighted by Crippen LogP contribution is 2.36. The maximum atomic E-state index is 12.0. The van der Waals surface area contributed by atoms with Crippen molar-refractivity contribution in [2.45, 2.75) is 30.7 Å². The summed E-state index contributed by atoms with van der Waals surface area (Å²) in [6.45, 7) is 5.02. The molecule has 0 fully saturated rings. The second-order valence-corrected chi connectivity index (χ2v) is 7.55. The number of rotatable bonds is 2. The molecule has 0 spiro atoms. The summed E-state index contributed by atoms with van der Waals surface area (Å²) in [6.07, 6.45) is -0.0972. The van der Waals surface area contributed by atoms with Crippen LogP contribution in [-0.2, 0) is 4.79 Å². The van der Waals surface area contributed by atoms with Crippen LogP contribution in [0.5, 0.6) is 0 Å². The Morgan fingerprint density at radius 2 is 1.85 bits per heavy atom. The van der Waals surface area contributed by atoms with Crippen molar-refractivity contribution in [2.75, 3.05) is 0 Å². The van der Waals surface area contributed by atoms with Crippen LogP contribution in [-0.4, -0.2) is 19.3 Å². The first-order valence-corrected chi connectivity index (χ1v) is 6.75. The van der Waals surface area contributed by atoms with Gasteiger partial charge in [0.25, 0.3) is 5.56 Å². The Kier molecular flexibility index (Phi) is 4.94. The SMILES string of the molecule is CC(C)(C)C(=O)N[C@H](n1ccc(=O)[nH]c1=O)C(Cl)(Cl)Cl. The summed E-state index contributed by atoms with van der Waals surface area (Å²) in [5.74, 6) is -0.410. The van der Waals surface area contributed by atoms with E-state index in [1.807, 2.05) is 4.98 Å². The Bertz CT molecular complexity index is 610. The molecular weight excluding hydrogens is 328 g/mol. The third-order valence-corrected chi connectivity index (χ3v) is 3.01. The first kappa shape index (κ1) is 17.1. The van der Waals surface area contributed by atoms with Gasteiger partial charge >= 0.3 is 5.69 Å². The number of hydrogen-bond acceptors (Lipinski definition) is 3. The normalized spacial score (nSPS) is 13.9. The lowest BCUT2D eigenvalue weighted by atomic mass is 9.95. The molecule has 1 aromatic rings. The summed E-state index contributed by atoms with van der Waals surface area (Å²) < 4.78 is -1.03. The summed E-state index contributed by atoms with van der Waals surface area (Å²) in [4.78, 5) is 36.8. The Morgan fingerprint density at radius 1 is 1.30 bits per heavy atom. The molecule has 0 aromatic carbocycles. The van der Waals surface area contributed by atoms with Crippen LogP contribution in [0.2, 0.25) is 0 Å². The average molecular weight is 343 g/mol. The number of aromatic nitrogens is 2. The number of H-pyrrole nitrogens is 1. The minimum atomic E-state index is -1.97. The molecule has 1 heterocycles. The van der Waals surface area contributed by atoms with Gasteiger partial charge in [0.2, 0.25) is 9.70 Å². The van der Waals surface area contributed by atoms with E-state index in [2.05, 4.69) is 5.32 Å². The fraction of sp³-hybridized carbons (Fsp3) is 0.545. The number of halogens is 3. The number of alkyl halides is 3. The van der Waals surface area contributed by atoms with Crippen LogP contribution in [0.25, 0.3) is 0 Å². The quantitative estimate of drug-likeness (QED) is 0.800. The molecule has 20 heavy (non-hydrogen) atoms. The number of nitrogens with zero attached hydrogens (tertiary/aromatic N) is 1. The standard InChI is InChI=1S/C11H14Cl3N3O3/c1-10(2,3)8(19)16-7(11(12,13)14)17-5-4-6(18)15-9(17)20/h4-5,7H,1-3H3,(H,16,19)(H,15,18,20)/t7-/m1/s1. The summed E-state index contributed by atoms with van der Waals surface area (Å²) in [5, 5.41) is 2.48. The fourth-order valence-corrected chi connectivity index (χ4v) is 1.76. The van der Waals surface area contributed by atoms with E-state index in [1.165, 1.54) is 0 Å². The highest BCUT2D eigenvalue weighted by Gasteiger charge is 2.38. The van der Waals surface area contributed by atoms with Gasteiger partial charge in [-0.15, -0.1) is 0 Å². The summed E-state index contributed by atoms with van der Waals surface area (Å²) in [5.41, 5.74) is -2.11. The maximum absolute atomic E-state index is 12.0. The van der Waals surface area contributed by atoms with Crippen molar-refractivity contribution in [1.29, 1.82) is 0 Å². The molecule has 0 bridgehead atoms. The summed E-state index contributed by atoms with van der Waals surface area (Å²) in [6, 6.07) is 1.09. The molecule has 0 radical (unpaired) electrons. The van der Waals surface area contributed by atoms with Crippen molar-refractivity contribution in [2.24, 2.45) is 5.41 Å². The van der Waals surface area contributed by atoms with Crippen LogP contribution in [0.15, 0.2) is 21.9 Å². The number of nitrogens with one attached hydrogen (secondary N) is 2. The largest absolute Gasteiger partial charge is 0.331 e. The van der Waals surface area contributed by atoms with Crippen molar-refractivity contribution in [3.05, 3.63) is 33.1 Å². The molecule has 9 heteroatoms. The topological polar surface area (TPSA) is 84.0 Å². The zero-order chi connectivity index (χ0) is 15.7. The van der Waals surface area contributed by atoms with Crippen molar-refractivity contribution in [3.63, 3.8) is 0 Å². The summed E-state index contributed by atoms with van der Waals surface area (Å²) in [7, 11) is 0. The highest BCUT2D eigenvalue weighted by atomic mass is 35.6. The number of carbonyl (C=O) groups is 1. The van der Waals surface area contributed by atoms with E-state index in [1.54, 1.807) is 20.8 Å². The molecule has 0 aliphatic carbocycles. The van der Waals surface area contributed by atoms with Crippen molar-refractivity contribution in [3.8, 4) is 0 Å². The predicted molar refractivity (Wildman–Crippen MR) is 78.2 cm³/mol. The van der Waals surface area contributed by atoms with Crippen LogP contribution < -0.4 is 16.6 Å². The van der Waals surface area contributed by atoms with E-state index in [0.717, 1.165) is 16.8 Å². The molecular formula is C11H14Cl3N3O3. The molecule has 0 aliphatic rings. The van der Waals surface area contributed by atoms with Gasteiger partial charge in [0, 0.05) is 17.7 Å². The third kappa shape index (κ3) is 4.26. The smallest absolute Gasteiger partial charge is 0.330 e. The Labute approximate surface area is 130 Å². The Morgan fingerprint density at radius 3 is 2.25 bits per heavy atom. The predicted octanol–water partition coefficient (Wildman–Crippen LogP) is 1.57. The van der Waals surface area contributed by atoms with Gasteiger partial charge in [-0.3, -0.25) is 19.1 Å². The summed E-state index contributed by atoms with van der Waals surface area (Å²) >= 11 is 17.4. The molecule has 112 valence electrons. The average Bonchev–Trinajstić information content (AvgIpc) is 2.23. The van der Waals surface area contributed by atoms with Crippen LogP contribution >= 0.6 is 34.8 Å². The number of amides is 1. The maximum Gasteiger partial charge on any atom is 0.330 e. The first-order valence-electron chi connectivity index (χ1n) is 5.62. The zero-order valence-electron chi connectivity index (χ0n) is 11.0. The third-order valence-electron chi connectivity index (χ3n) is 2.39. The Hall–Kier alpha value is -0.980. The van der Waals surface area contributed by atoms with Gasteiger partial charge in [0.05, 0.1) is 0 Å². The molecule has 1 amide bonds. The molecule has 1 aromatic heterocycles. The van der Waals surface area contributed by atoms with Crippen LogP contribution in [0.1, 0.15) is 26.9 Å². The second kappa shape index (κ2) is 5.79. The number of carbonyl (C=O) groups excluding carboxylic acids is 1. The fourth-order valence-electron chi connectivity index (χ4n) is 1.28. The molecule has 1 rings (SSSR count). The van der Waals surface area contributed by atoms with E-state index in [4.69, 9.17) is 34.8 Å². The van der Waals surface area contributed by atoms with Crippen molar-refractivity contribution >= 4 is 40.7 Å². The molecule has 0 saturated heterocycles. The van der Waals surface area contributed by atoms with Gasteiger partial charge in [-0.05, 0) is 0 Å². The van der Waals surface area contributed by atoms with Crippen molar-refractivity contribution in [1.82, 2.24) is 14.9 Å². The minimum Gasteiger partial charge on any atom is -0.331 e. The molecule has 6 nitrogen and oxygen atoms in total. The van der Waals surface area contributed by atoms with Gasteiger partial charge in [-0.25, -0.2) is 4.79 Å². The first-order chi connectivity index (χ1) is 8.93. The molecule has 0 saturated carbocycles. The van der Waals surface area contributed by atoms with Crippen LogP contribution in [0.4, 0.5) is 0 Å². The number of aromatic amines is 1. The van der Waals surface area contributed by atoms with E-state index in [0.29, 0.717) is 0 Å². The van der Waals surface area contributed by atoms with Gasteiger partial charge in [-0.2, -0.15) is 0 Å². The lowest BCUT2D eigenvalue weighted by Crippen LogP contribution is -2.48. The van der Waals surface area contributed by atoms with Crippen LogP contribution in [0, 0.1) is 5.41 Å². The van der Waals surface area contributed by atoms with Crippen LogP contribution in [0.3, 0.4) is 0 Å². The van der Waals surface area contributed by atoms with Gasteiger partial charge in [0.15, 0.2) is 6.17 Å². The van der Waals surface area contributed by atoms with Gasteiger partial charge < -0.3 is 5.32 Å². The lowest BCUT2D eigenvalue weighted by molar-refractivity contribution is -0.129. The zero-order valence-corrected chi connectivity index (χ0v) is 13.3. The lowest BCUT2D eigenvalue weighted by Gasteiger charge is -2.29. The van der Waals surface area contributed by atoms with Crippen molar-refractivity contribution < 1.29 is 4.79 Å². The Balaban J connectivity index is 3.25. The molecule has 0 unspecified atom stereocenters. The van der Waals surface area contributed by atoms with Gasteiger partial charge in [0.1, 0.15) is 0 Å². The van der Waals surface area contributed by atoms with Gasteiger partial charge in [-0.1, -0.05) is 55.6 Å².